The Morgan fingerprint density at radius 2 is 1.72 bits per heavy atom. The quantitative estimate of drug-likeness (QED) is 0.693. The topological polar surface area (TPSA) is 34.5 Å². The van der Waals surface area contributed by atoms with Crippen LogP contribution in [0.15, 0.2) is 34.6 Å². The fourth-order valence-corrected chi connectivity index (χ4v) is 6.60. The van der Waals surface area contributed by atoms with Gasteiger partial charge in [-0.3, -0.25) is 0 Å². The minimum Gasteiger partial charge on any atom is -0.497 e. The third kappa shape index (κ3) is 2.80. The first kappa shape index (κ1) is 15.6. The third-order valence-electron chi connectivity index (χ3n) is 6.51. The van der Waals surface area contributed by atoms with Crippen molar-refractivity contribution in [3.05, 3.63) is 40.9 Å². The van der Waals surface area contributed by atoms with Crippen LogP contribution in [-0.2, 0) is 5.41 Å². The number of methoxy groups -OCH3 is 1. The normalized spacial score (nSPS) is 33.2. The molecule has 1 aromatic heterocycles. The summed E-state index contributed by atoms with van der Waals surface area (Å²) in [4.78, 5) is 9.57. The first-order valence-corrected chi connectivity index (χ1v) is 10.2. The lowest BCUT2D eigenvalue weighted by molar-refractivity contribution is -0.00688. The molecule has 2 aromatic rings. The van der Waals surface area contributed by atoms with Gasteiger partial charge in [0.1, 0.15) is 5.75 Å². The molecule has 0 N–H and O–H groups in total. The van der Waals surface area contributed by atoms with Gasteiger partial charge in [-0.25, -0.2) is 9.98 Å². The minimum atomic E-state index is 0.374. The molecule has 4 bridgehead atoms. The Hall–Kier alpha value is -1.68. The molecule has 4 saturated carbocycles. The van der Waals surface area contributed by atoms with E-state index in [0.717, 1.165) is 34.2 Å². The summed E-state index contributed by atoms with van der Waals surface area (Å²) in [7, 11) is 1.69. The van der Waals surface area contributed by atoms with Gasteiger partial charge in [0.15, 0.2) is 0 Å². The molecule has 1 aromatic carbocycles. The highest BCUT2D eigenvalue weighted by molar-refractivity contribution is 7.13. The summed E-state index contributed by atoms with van der Waals surface area (Å²) in [5, 5.41) is 3.18. The number of benzene rings is 1. The van der Waals surface area contributed by atoms with Crippen molar-refractivity contribution in [2.45, 2.75) is 43.9 Å². The highest BCUT2D eigenvalue weighted by Gasteiger charge is 2.52. The molecule has 0 spiro atoms. The largest absolute Gasteiger partial charge is 0.497 e. The monoisotopic (exact) mass is 352 g/mol. The van der Waals surface area contributed by atoms with Crippen molar-refractivity contribution in [3.63, 3.8) is 0 Å². The number of aliphatic imine (C=N–C) groups is 1. The fraction of sp³-hybridized carbons (Fsp3) is 0.524. The number of ether oxygens (including phenoxy) is 1. The Balaban J connectivity index is 1.36. The van der Waals surface area contributed by atoms with Gasteiger partial charge < -0.3 is 4.74 Å². The molecule has 0 saturated heterocycles. The number of rotatable bonds is 4. The molecule has 4 heteroatoms. The summed E-state index contributed by atoms with van der Waals surface area (Å²) in [5.41, 5.74) is 2.78. The van der Waals surface area contributed by atoms with Crippen molar-refractivity contribution < 1.29 is 4.74 Å². The summed E-state index contributed by atoms with van der Waals surface area (Å²) in [6.07, 6.45) is 10.4. The summed E-state index contributed by atoms with van der Waals surface area (Å²) < 4.78 is 5.20. The number of hydrogen-bond acceptors (Lipinski definition) is 4. The average Bonchev–Trinajstić information content (AvgIpc) is 3.09. The van der Waals surface area contributed by atoms with E-state index < -0.39 is 0 Å². The minimum absolute atomic E-state index is 0.374. The van der Waals surface area contributed by atoms with Crippen molar-refractivity contribution in [1.29, 1.82) is 0 Å². The van der Waals surface area contributed by atoms with E-state index in [4.69, 9.17) is 9.72 Å². The molecule has 6 rings (SSSR count). The predicted molar refractivity (Wildman–Crippen MR) is 102 cm³/mol. The first-order chi connectivity index (χ1) is 12.2. The molecule has 4 fully saturated rings. The van der Waals surface area contributed by atoms with Crippen LogP contribution in [0.1, 0.15) is 49.8 Å². The van der Waals surface area contributed by atoms with Gasteiger partial charge in [-0.05, 0) is 86.1 Å². The molecule has 0 aliphatic heterocycles. The fourth-order valence-electron chi connectivity index (χ4n) is 5.81. The second kappa shape index (κ2) is 5.94. The molecule has 0 amide bonds. The molecular formula is C21H24N2OS. The summed E-state index contributed by atoms with van der Waals surface area (Å²) in [6.45, 7) is 0. The van der Waals surface area contributed by atoms with Crippen molar-refractivity contribution in [1.82, 2.24) is 4.98 Å². The number of nitrogens with zero attached hydrogens (tertiary/aromatic N) is 2. The lowest BCUT2D eigenvalue weighted by Crippen LogP contribution is -2.48. The summed E-state index contributed by atoms with van der Waals surface area (Å²) in [5.74, 6) is 3.74. The number of thiazole rings is 1. The molecule has 0 unspecified atom stereocenters. The van der Waals surface area contributed by atoms with Crippen LogP contribution < -0.4 is 4.74 Å². The molecule has 3 nitrogen and oxygen atoms in total. The molecule has 4 aliphatic rings. The van der Waals surface area contributed by atoms with Gasteiger partial charge in [0.25, 0.3) is 0 Å². The molecule has 4 aliphatic carbocycles. The molecule has 1 heterocycles. The molecule has 25 heavy (non-hydrogen) atoms. The Bertz CT molecular complexity index is 757. The van der Waals surface area contributed by atoms with Crippen LogP contribution in [0.5, 0.6) is 5.75 Å². The summed E-state index contributed by atoms with van der Waals surface area (Å²) >= 11 is 1.69. The highest BCUT2D eigenvalue weighted by Crippen LogP contribution is 2.60. The van der Waals surface area contributed by atoms with Gasteiger partial charge >= 0.3 is 0 Å². The van der Waals surface area contributed by atoms with E-state index in [9.17, 15) is 0 Å². The maximum absolute atomic E-state index is 5.20. The lowest BCUT2D eigenvalue weighted by atomic mass is 9.49. The Morgan fingerprint density at radius 3 is 2.32 bits per heavy atom. The van der Waals surface area contributed by atoms with Gasteiger partial charge in [0.05, 0.1) is 12.8 Å². The van der Waals surface area contributed by atoms with Gasteiger partial charge in [-0.15, -0.1) is 11.3 Å². The highest BCUT2D eigenvalue weighted by atomic mass is 32.1. The Kier molecular flexibility index (Phi) is 3.70. The van der Waals surface area contributed by atoms with Gasteiger partial charge in [-0.2, -0.15) is 0 Å². The standard InChI is InChI=1S/C21H24N2OS/c1-24-18-4-2-14(3-5-18)12-22-20-23-19(13-25-20)21-9-15-6-16(10-21)8-17(7-15)11-21/h2-5,12-13,15-17H,6-11H2,1H3/b22-12-. The number of aromatic nitrogens is 1. The van der Waals surface area contributed by atoms with Crippen LogP contribution in [0.3, 0.4) is 0 Å². The van der Waals surface area contributed by atoms with Gasteiger partial charge in [0, 0.05) is 17.0 Å². The second-order valence-electron chi connectivity index (χ2n) is 8.24. The summed E-state index contributed by atoms with van der Waals surface area (Å²) in [6, 6.07) is 7.97. The maximum atomic E-state index is 5.20. The van der Waals surface area contributed by atoms with E-state index in [1.807, 2.05) is 30.5 Å². The second-order valence-corrected chi connectivity index (χ2v) is 9.08. The Labute approximate surface area is 153 Å². The zero-order valence-electron chi connectivity index (χ0n) is 14.6. The van der Waals surface area contributed by atoms with Crippen LogP contribution in [0.2, 0.25) is 0 Å². The molecular weight excluding hydrogens is 328 g/mol. The zero-order valence-corrected chi connectivity index (χ0v) is 15.5. The van der Waals surface area contributed by atoms with Crippen molar-refractivity contribution in [3.8, 4) is 5.75 Å². The van der Waals surface area contributed by atoms with E-state index in [1.54, 1.807) is 18.4 Å². The smallest absolute Gasteiger partial charge is 0.209 e. The van der Waals surface area contributed by atoms with Crippen LogP contribution in [0.25, 0.3) is 0 Å². The van der Waals surface area contributed by atoms with E-state index in [2.05, 4.69) is 10.4 Å². The van der Waals surface area contributed by atoms with Crippen LogP contribution in [0, 0.1) is 17.8 Å². The lowest BCUT2D eigenvalue weighted by Gasteiger charge is -2.56. The van der Waals surface area contributed by atoms with Crippen LogP contribution in [-0.4, -0.2) is 18.3 Å². The van der Waals surface area contributed by atoms with Gasteiger partial charge in [0.2, 0.25) is 5.13 Å². The van der Waals surface area contributed by atoms with Gasteiger partial charge in [-0.1, -0.05) is 0 Å². The van der Waals surface area contributed by atoms with Crippen molar-refractivity contribution >= 4 is 22.7 Å². The van der Waals surface area contributed by atoms with Crippen molar-refractivity contribution in [2.24, 2.45) is 22.7 Å². The zero-order chi connectivity index (χ0) is 16.9. The Morgan fingerprint density at radius 1 is 1.08 bits per heavy atom. The SMILES string of the molecule is COc1ccc(/C=N\c2nc(C34CC5CC(CC(C5)C3)C4)cs2)cc1. The van der Waals surface area contributed by atoms with E-state index >= 15 is 0 Å². The molecule has 0 radical (unpaired) electrons. The average molecular weight is 353 g/mol. The number of hydrogen-bond donors (Lipinski definition) is 0. The first-order valence-electron chi connectivity index (χ1n) is 9.36. The molecule has 130 valence electrons. The van der Waals surface area contributed by atoms with E-state index in [0.29, 0.717) is 5.41 Å². The van der Waals surface area contributed by atoms with E-state index in [-0.39, 0.29) is 0 Å². The van der Waals surface area contributed by atoms with E-state index in [1.165, 1.54) is 44.2 Å². The van der Waals surface area contributed by atoms with Crippen molar-refractivity contribution in [2.75, 3.05) is 7.11 Å². The molecule has 0 atom stereocenters. The van der Waals surface area contributed by atoms with Crippen LogP contribution >= 0.6 is 11.3 Å². The van der Waals surface area contributed by atoms with Crippen LogP contribution in [0.4, 0.5) is 5.13 Å². The third-order valence-corrected chi connectivity index (χ3v) is 7.26. The predicted octanol–water partition coefficient (Wildman–Crippen LogP) is 5.37. The maximum Gasteiger partial charge on any atom is 0.209 e.